The maximum Gasteiger partial charge on any atom is 0.254 e. The molecule has 0 spiro atoms. The molecule has 21 heavy (non-hydrogen) atoms. The highest BCUT2D eigenvalue weighted by Gasteiger charge is 2.32. The Kier molecular flexibility index (Phi) is 4.68. The molecule has 5 nitrogen and oxygen atoms in total. The molecule has 1 aromatic rings. The molecule has 1 amide bonds. The van der Waals surface area contributed by atoms with Gasteiger partial charge in [0.1, 0.15) is 0 Å². The number of unbranched alkanes of at least 4 members (excludes halogenated alkanes) is 1. The van der Waals surface area contributed by atoms with Crippen LogP contribution in [-0.4, -0.2) is 31.8 Å². The van der Waals surface area contributed by atoms with Crippen LogP contribution < -0.4 is 5.14 Å². The average molecular weight is 310 g/mol. The molecule has 1 aliphatic carbocycles. The summed E-state index contributed by atoms with van der Waals surface area (Å²) in [5, 5.41) is 5.17. The van der Waals surface area contributed by atoms with Gasteiger partial charge in [-0.3, -0.25) is 4.79 Å². The van der Waals surface area contributed by atoms with Crippen molar-refractivity contribution >= 4 is 15.9 Å². The zero-order valence-corrected chi connectivity index (χ0v) is 13.3. The number of primary sulfonamides is 1. The molecule has 1 aliphatic rings. The number of nitrogens with zero attached hydrogens (tertiary/aromatic N) is 1. The molecule has 6 heteroatoms. The number of nitrogens with two attached hydrogens (primary N) is 1. The standard InChI is InChI=1S/C15H22N2O3S/c1-3-4-7-17(13-5-6-13)15(18)12-8-11(2)9-14(10-12)21(16,19)20/h8-10,13H,3-7H2,1-2H3,(H2,16,19,20). The van der Waals surface area contributed by atoms with E-state index in [4.69, 9.17) is 5.14 Å². The van der Waals surface area contributed by atoms with Crippen LogP contribution in [0.25, 0.3) is 0 Å². The van der Waals surface area contributed by atoms with E-state index in [0.29, 0.717) is 11.6 Å². The van der Waals surface area contributed by atoms with Crippen LogP contribution in [0.4, 0.5) is 0 Å². The van der Waals surface area contributed by atoms with Crippen molar-refractivity contribution in [3.63, 3.8) is 0 Å². The minimum Gasteiger partial charge on any atom is -0.336 e. The number of carbonyl (C=O) groups is 1. The lowest BCUT2D eigenvalue weighted by molar-refractivity contribution is 0.0740. The fourth-order valence-electron chi connectivity index (χ4n) is 2.37. The maximum atomic E-state index is 12.7. The summed E-state index contributed by atoms with van der Waals surface area (Å²) in [4.78, 5) is 14.5. The Morgan fingerprint density at radius 3 is 2.52 bits per heavy atom. The van der Waals surface area contributed by atoms with Crippen molar-refractivity contribution in [2.75, 3.05) is 6.54 Å². The van der Waals surface area contributed by atoms with Gasteiger partial charge in [-0.2, -0.15) is 0 Å². The first kappa shape index (κ1) is 16.0. The highest BCUT2D eigenvalue weighted by molar-refractivity contribution is 7.89. The van der Waals surface area contributed by atoms with Crippen molar-refractivity contribution in [2.45, 2.75) is 50.5 Å². The van der Waals surface area contributed by atoms with Crippen molar-refractivity contribution < 1.29 is 13.2 Å². The van der Waals surface area contributed by atoms with Crippen LogP contribution in [-0.2, 0) is 10.0 Å². The monoisotopic (exact) mass is 310 g/mol. The minimum absolute atomic E-state index is 0.00270. The zero-order chi connectivity index (χ0) is 15.6. The summed E-state index contributed by atoms with van der Waals surface area (Å²) in [5.74, 6) is -0.0976. The Morgan fingerprint density at radius 2 is 2.00 bits per heavy atom. The summed E-state index contributed by atoms with van der Waals surface area (Å²) in [7, 11) is -3.80. The van der Waals surface area contributed by atoms with Gasteiger partial charge < -0.3 is 4.90 Å². The lowest BCUT2D eigenvalue weighted by Crippen LogP contribution is -2.34. The predicted molar refractivity (Wildman–Crippen MR) is 81.5 cm³/mol. The average Bonchev–Trinajstić information content (AvgIpc) is 3.22. The Bertz CT molecular complexity index is 636. The van der Waals surface area contributed by atoms with Crippen LogP contribution in [0.5, 0.6) is 0 Å². The van der Waals surface area contributed by atoms with Gasteiger partial charge in [-0.15, -0.1) is 0 Å². The molecule has 1 fully saturated rings. The largest absolute Gasteiger partial charge is 0.336 e. The Morgan fingerprint density at radius 1 is 1.33 bits per heavy atom. The Labute approximate surface area is 126 Å². The molecule has 0 radical (unpaired) electrons. The number of aryl methyl sites for hydroxylation is 1. The first-order chi connectivity index (χ1) is 9.82. The summed E-state index contributed by atoms with van der Waals surface area (Å²) in [6, 6.07) is 4.90. The summed E-state index contributed by atoms with van der Waals surface area (Å²) >= 11 is 0. The van der Waals surface area contributed by atoms with E-state index in [2.05, 4.69) is 6.92 Å². The second kappa shape index (κ2) is 6.15. The smallest absolute Gasteiger partial charge is 0.254 e. The summed E-state index contributed by atoms with van der Waals surface area (Å²) < 4.78 is 23.0. The van der Waals surface area contributed by atoms with E-state index in [1.54, 1.807) is 13.0 Å². The molecule has 0 saturated heterocycles. The fourth-order valence-corrected chi connectivity index (χ4v) is 3.01. The van der Waals surface area contributed by atoms with Gasteiger partial charge in [-0.05, 0) is 49.9 Å². The molecule has 2 rings (SSSR count). The van der Waals surface area contributed by atoms with E-state index in [1.807, 2.05) is 4.90 Å². The molecular weight excluding hydrogens is 288 g/mol. The second-order valence-electron chi connectivity index (χ2n) is 5.66. The quantitative estimate of drug-likeness (QED) is 0.873. The second-order valence-corrected chi connectivity index (χ2v) is 7.22. The molecule has 116 valence electrons. The van der Waals surface area contributed by atoms with Crippen molar-refractivity contribution in [2.24, 2.45) is 5.14 Å². The molecule has 0 bridgehead atoms. The third kappa shape index (κ3) is 4.04. The van der Waals surface area contributed by atoms with Gasteiger partial charge in [0.2, 0.25) is 10.0 Å². The first-order valence-corrected chi connectivity index (χ1v) is 8.83. The van der Waals surface area contributed by atoms with Crippen molar-refractivity contribution in [3.8, 4) is 0 Å². The van der Waals surface area contributed by atoms with E-state index in [0.717, 1.165) is 37.8 Å². The van der Waals surface area contributed by atoms with Gasteiger partial charge in [-0.25, -0.2) is 13.6 Å². The molecule has 0 heterocycles. The number of rotatable bonds is 6. The molecule has 1 saturated carbocycles. The normalized spacial score (nSPS) is 15.0. The Balaban J connectivity index is 2.31. The Hall–Kier alpha value is -1.40. The first-order valence-electron chi connectivity index (χ1n) is 7.28. The number of hydrogen-bond acceptors (Lipinski definition) is 3. The van der Waals surface area contributed by atoms with Gasteiger partial charge in [0.15, 0.2) is 0 Å². The number of hydrogen-bond donors (Lipinski definition) is 1. The van der Waals surface area contributed by atoms with Crippen LogP contribution in [0.1, 0.15) is 48.5 Å². The highest BCUT2D eigenvalue weighted by atomic mass is 32.2. The third-order valence-corrected chi connectivity index (χ3v) is 4.52. The van der Waals surface area contributed by atoms with E-state index in [9.17, 15) is 13.2 Å². The number of carbonyl (C=O) groups excluding carboxylic acids is 1. The van der Waals surface area contributed by atoms with Gasteiger partial charge in [0.05, 0.1) is 4.90 Å². The fraction of sp³-hybridized carbons (Fsp3) is 0.533. The van der Waals surface area contributed by atoms with Crippen LogP contribution >= 0.6 is 0 Å². The summed E-state index contributed by atoms with van der Waals surface area (Å²) in [6.07, 6.45) is 4.04. The number of benzene rings is 1. The SMILES string of the molecule is CCCCN(C(=O)c1cc(C)cc(S(N)(=O)=O)c1)C1CC1. The van der Waals surface area contributed by atoms with Gasteiger partial charge >= 0.3 is 0 Å². The zero-order valence-electron chi connectivity index (χ0n) is 12.5. The predicted octanol–water partition coefficient (Wildman–Crippen LogP) is 2.05. The van der Waals surface area contributed by atoms with Crippen LogP contribution in [0.15, 0.2) is 23.1 Å². The lowest BCUT2D eigenvalue weighted by atomic mass is 10.1. The van der Waals surface area contributed by atoms with Crippen LogP contribution in [0, 0.1) is 6.92 Å². The highest BCUT2D eigenvalue weighted by Crippen LogP contribution is 2.29. The van der Waals surface area contributed by atoms with Gasteiger partial charge in [0.25, 0.3) is 5.91 Å². The summed E-state index contributed by atoms with van der Waals surface area (Å²) in [5.41, 5.74) is 1.12. The number of amides is 1. The maximum absolute atomic E-state index is 12.7. The van der Waals surface area contributed by atoms with E-state index < -0.39 is 10.0 Å². The molecule has 0 atom stereocenters. The van der Waals surface area contributed by atoms with E-state index in [1.165, 1.54) is 12.1 Å². The third-order valence-electron chi connectivity index (χ3n) is 3.63. The van der Waals surface area contributed by atoms with Crippen molar-refractivity contribution in [1.82, 2.24) is 4.90 Å². The molecule has 0 aromatic heterocycles. The van der Waals surface area contributed by atoms with Crippen LogP contribution in [0.3, 0.4) is 0 Å². The number of sulfonamides is 1. The van der Waals surface area contributed by atoms with Gasteiger partial charge in [0, 0.05) is 18.2 Å². The summed E-state index contributed by atoms with van der Waals surface area (Å²) in [6.45, 7) is 4.57. The van der Waals surface area contributed by atoms with E-state index >= 15 is 0 Å². The topological polar surface area (TPSA) is 80.5 Å². The lowest BCUT2D eigenvalue weighted by Gasteiger charge is -2.22. The minimum atomic E-state index is -3.80. The van der Waals surface area contributed by atoms with E-state index in [-0.39, 0.29) is 10.8 Å². The molecule has 0 aliphatic heterocycles. The molecule has 0 unspecified atom stereocenters. The molecule has 2 N–H and O–H groups in total. The van der Waals surface area contributed by atoms with Crippen molar-refractivity contribution in [3.05, 3.63) is 29.3 Å². The van der Waals surface area contributed by atoms with Gasteiger partial charge in [-0.1, -0.05) is 13.3 Å². The van der Waals surface area contributed by atoms with Crippen molar-refractivity contribution in [1.29, 1.82) is 0 Å². The molecule has 1 aromatic carbocycles. The molecular formula is C15H22N2O3S. The van der Waals surface area contributed by atoms with Crippen LogP contribution in [0.2, 0.25) is 0 Å².